The third kappa shape index (κ3) is 4.28. The number of hydrogen-bond acceptors (Lipinski definition) is 2. The number of carbonyl (C=O) groups excluding carboxylic acids is 1. The summed E-state index contributed by atoms with van der Waals surface area (Å²) in [6.45, 7) is 6.01. The van der Waals surface area contributed by atoms with Gasteiger partial charge in [0.2, 0.25) is 0 Å². The highest BCUT2D eigenvalue weighted by Crippen LogP contribution is 2.17. The van der Waals surface area contributed by atoms with Crippen LogP contribution in [0.1, 0.15) is 30.1 Å². The van der Waals surface area contributed by atoms with Gasteiger partial charge in [-0.05, 0) is 66.0 Å². The molecule has 1 aliphatic heterocycles. The first-order valence-corrected chi connectivity index (χ1v) is 7.81. The van der Waals surface area contributed by atoms with Crippen molar-refractivity contribution < 1.29 is 9.18 Å². The average Bonchev–Trinajstić information content (AvgIpc) is 2.44. The smallest absolute Gasteiger partial charge is 0.251 e. The normalized spacial score (nSPS) is 17.1. The quantitative estimate of drug-likeness (QED) is 0.911. The minimum Gasteiger partial charge on any atom is -0.351 e. The highest BCUT2D eigenvalue weighted by molar-refractivity contribution is 9.10. The molecule has 1 aliphatic rings. The van der Waals surface area contributed by atoms with Gasteiger partial charge < -0.3 is 10.2 Å². The number of nitrogens with one attached hydrogen (secondary N) is 1. The van der Waals surface area contributed by atoms with Crippen molar-refractivity contribution in [2.24, 2.45) is 5.92 Å². The Labute approximate surface area is 127 Å². The second-order valence-corrected chi connectivity index (χ2v) is 6.26. The number of halogens is 2. The molecule has 20 heavy (non-hydrogen) atoms. The summed E-state index contributed by atoms with van der Waals surface area (Å²) in [5, 5.41) is 2.88. The molecular weight excluding hydrogens is 323 g/mol. The van der Waals surface area contributed by atoms with Gasteiger partial charge in [0, 0.05) is 18.7 Å². The van der Waals surface area contributed by atoms with Crippen LogP contribution in [0.3, 0.4) is 0 Å². The summed E-state index contributed by atoms with van der Waals surface area (Å²) in [4.78, 5) is 14.3. The number of piperidine rings is 1. The average molecular weight is 343 g/mol. The molecule has 1 N–H and O–H groups in total. The lowest BCUT2D eigenvalue weighted by atomic mass is 9.99. The summed E-state index contributed by atoms with van der Waals surface area (Å²) >= 11 is 3.09. The highest BCUT2D eigenvalue weighted by atomic mass is 79.9. The third-order valence-electron chi connectivity index (χ3n) is 3.77. The van der Waals surface area contributed by atoms with E-state index >= 15 is 0 Å². The van der Waals surface area contributed by atoms with Gasteiger partial charge in [0.1, 0.15) is 5.82 Å². The van der Waals surface area contributed by atoms with Gasteiger partial charge in [0.05, 0.1) is 4.47 Å². The van der Waals surface area contributed by atoms with Crippen LogP contribution in [0, 0.1) is 11.7 Å². The number of nitrogens with zero attached hydrogens (tertiary/aromatic N) is 1. The van der Waals surface area contributed by atoms with E-state index in [2.05, 4.69) is 33.1 Å². The molecule has 110 valence electrons. The number of hydrogen-bond donors (Lipinski definition) is 1. The highest BCUT2D eigenvalue weighted by Gasteiger charge is 2.15. The maximum absolute atomic E-state index is 13.1. The van der Waals surface area contributed by atoms with E-state index in [-0.39, 0.29) is 11.7 Å². The van der Waals surface area contributed by atoms with Gasteiger partial charge in [-0.15, -0.1) is 0 Å². The second kappa shape index (κ2) is 7.18. The van der Waals surface area contributed by atoms with E-state index < -0.39 is 0 Å². The van der Waals surface area contributed by atoms with E-state index in [1.54, 1.807) is 0 Å². The van der Waals surface area contributed by atoms with Crippen molar-refractivity contribution in [2.75, 3.05) is 26.2 Å². The van der Waals surface area contributed by atoms with Crippen molar-refractivity contribution >= 4 is 21.8 Å². The lowest BCUT2D eigenvalue weighted by Gasteiger charge is -2.30. The van der Waals surface area contributed by atoms with Gasteiger partial charge >= 0.3 is 0 Å². The van der Waals surface area contributed by atoms with E-state index in [0.29, 0.717) is 16.6 Å². The Morgan fingerprint density at radius 2 is 2.15 bits per heavy atom. The standard InChI is InChI=1S/C15H20BrFN2O/c1-11-4-7-19(8-5-11)9-6-18-15(20)12-2-3-14(17)13(16)10-12/h2-3,10-11H,4-9H2,1H3,(H,18,20). The van der Waals surface area contributed by atoms with Crippen LogP contribution in [0.25, 0.3) is 0 Å². The largest absolute Gasteiger partial charge is 0.351 e. The summed E-state index contributed by atoms with van der Waals surface area (Å²) in [6.07, 6.45) is 2.47. The predicted molar refractivity (Wildman–Crippen MR) is 81.3 cm³/mol. The van der Waals surface area contributed by atoms with Crippen molar-refractivity contribution in [3.05, 3.63) is 34.1 Å². The molecule has 1 fully saturated rings. The summed E-state index contributed by atoms with van der Waals surface area (Å²) in [5.41, 5.74) is 0.477. The van der Waals surface area contributed by atoms with Crippen LogP contribution in [-0.2, 0) is 0 Å². The SMILES string of the molecule is CC1CCN(CCNC(=O)c2ccc(F)c(Br)c2)CC1. The monoisotopic (exact) mass is 342 g/mol. The predicted octanol–water partition coefficient (Wildman–Crippen LogP) is 3.05. The fourth-order valence-corrected chi connectivity index (χ4v) is 2.73. The molecule has 0 bridgehead atoms. The van der Waals surface area contributed by atoms with Crippen LogP contribution in [-0.4, -0.2) is 37.0 Å². The van der Waals surface area contributed by atoms with Crippen LogP contribution in [0.4, 0.5) is 4.39 Å². The molecule has 0 unspecified atom stereocenters. The molecule has 3 nitrogen and oxygen atoms in total. The zero-order valence-corrected chi connectivity index (χ0v) is 13.2. The molecule has 1 amide bonds. The van der Waals surface area contributed by atoms with Crippen molar-refractivity contribution in [1.29, 1.82) is 0 Å². The molecule has 1 heterocycles. The van der Waals surface area contributed by atoms with Gasteiger partial charge in [-0.3, -0.25) is 4.79 Å². The topological polar surface area (TPSA) is 32.3 Å². The van der Waals surface area contributed by atoms with Crippen molar-refractivity contribution in [1.82, 2.24) is 10.2 Å². The Morgan fingerprint density at radius 1 is 1.45 bits per heavy atom. The Balaban J connectivity index is 1.76. The van der Waals surface area contributed by atoms with Gasteiger partial charge in [-0.1, -0.05) is 6.92 Å². The van der Waals surface area contributed by atoms with Crippen LogP contribution < -0.4 is 5.32 Å². The first-order valence-electron chi connectivity index (χ1n) is 7.02. The zero-order chi connectivity index (χ0) is 14.5. The van der Waals surface area contributed by atoms with Crippen molar-refractivity contribution in [3.8, 4) is 0 Å². The summed E-state index contributed by atoms with van der Waals surface area (Å²) in [7, 11) is 0. The first-order chi connectivity index (χ1) is 9.56. The molecule has 0 spiro atoms. The molecule has 0 saturated carbocycles. The fourth-order valence-electron chi connectivity index (χ4n) is 2.35. The molecule has 2 rings (SSSR count). The van der Waals surface area contributed by atoms with Gasteiger partial charge in [-0.2, -0.15) is 0 Å². The van der Waals surface area contributed by atoms with Crippen molar-refractivity contribution in [3.63, 3.8) is 0 Å². The van der Waals surface area contributed by atoms with E-state index in [4.69, 9.17) is 0 Å². The minimum atomic E-state index is -0.357. The Hall–Kier alpha value is -0.940. The van der Waals surface area contributed by atoms with Gasteiger partial charge in [0.15, 0.2) is 0 Å². The number of rotatable bonds is 4. The molecule has 1 aromatic carbocycles. The Kier molecular flexibility index (Phi) is 5.54. The van der Waals surface area contributed by atoms with Crippen LogP contribution in [0.5, 0.6) is 0 Å². The molecule has 0 aromatic heterocycles. The van der Waals surface area contributed by atoms with Crippen LogP contribution in [0.2, 0.25) is 0 Å². The van der Waals surface area contributed by atoms with Crippen LogP contribution in [0.15, 0.2) is 22.7 Å². The van der Waals surface area contributed by atoms with Crippen LogP contribution >= 0.6 is 15.9 Å². The summed E-state index contributed by atoms with van der Waals surface area (Å²) < 4.78 is 13.4. The molecule has 0 aliphatic carbocycles. The minimum absolute atomic E-state index is 0.156. The van der Waals surface area contributed by atoms with E-state index in [1.807, 2.05) is 0 Å². The first kappa shape index (κ1) is 15.4. The molecule has 0 atom stereocenters. The molecule has 1 aromatic rings. The Bertz CT molecular complexity index is 473. The van der Waals surface area contributed by atoms with Gasteiger partial charge in [-0.25, -0.2) is 4.39 Å². The van der Waals surface area contributed by atoms with E-state index in [9.17, 15) is 9.18 Å². The third-order valence-corrected chi connectivity index (χ3v) is 4.38. The molecular formula is C15H20BrFN2O. The maximum atomic E-state index is 13.1. The Morgan fingerprint density at radius 3 is 2.80 bits per heavy atom. The number of amides is 1. The zero-order valence-electron chi connectivity index (χ0n) is 11.7. The van der Waals surface area contributed by atoms with E-state index in [0.717, 1.165) is 25.6 Å². The summed E-state index contributed by atoms with van der Waals surface area (Å²) in [5.74, 6) is 0.303. The van der Waals surface area contributed by atoms with Gasteiger partial charge in [0.25, 0.3) is 5.91 Å². The molecule has 1 saturated heterocycles. The van der Waals surface area contributed by atoms with E-state index in [1.165, 1.54) is 31.0 Å². The number of likely N-dealkylation sites (tertiary alicyclic amines) is 1. The van der Waals surface area contributed by atoms with Crippen molar-refractivity contribution in [2.45, 2.75) is 19.8 Å². The summed E-state index contributed by atoms with van der Waals surface area (Å²) in [6, 6.07) is 4.30. The molecule has 5 heteroatoms. The second-order valence-electron chi connectivity index (χ2n) is 5.41. The number of carbonyl (C=O) groups is 1. The maximum Gasteiger partial charge on any atom is 0.251 e. The lowest BCUT2D eigenvalue weighted by molar-refractivity contribution is 0.0944. The lowest BCUT2D eigenvalue weighted by Crippen LogP contribution is -2.39. The fraction of sp³-hybridized carbons (Fsp3) is 0.533. The number of benzene rings is 1. The molecule has 0 radical (unpaired) electrons.